The number of hydrogen-bond acceptors (Lipinski definition) is 6. The highest BCUT2D eigenvalue weighted by Crippen LogP contribution is 2.56. The van der Waals surface area contributed by atoms with Gasteiger partial charge in [-0.1, -0.05) is 48.5 Å². The lowest BCUT2D eigenvalue weighted by molar-refractivity contribution is -0.160. The third-order valence-corrected chi connectivity index (χ3v) is 8.28. The van der Waals surface area contributed by atoms with Gasteiger partial charge in [-0.05, 0) is 73.1 Å². The smallest absolute Gasteiger partial charge is 0.330 e. The van der Waals surface area contributed by atoms with E-state index >= 15 is 0 Å². The molecule has 6 rings (SSSR count). The van der Waals surface area contributed by atoms with Gasteiger partial charge in [0.1, 0.15) is 17.5 Å². The van der Waals surface area contributed by atoms with Crippen LogP contribution in [0.15, 0.2) is 84.9 Å². The number of anilines is 1. The molecule has 1 saturated heterocycles. The highest BCUT2D eigenvalue weighted by atomic mass is 16.5. The van der Waals surface area contributed by atoms with Crippen LogP contribution < -0.4 is 10.1 Å². The average Bonchev–Trinajstić information content (AvgIpc) is 3.66. The van der Waals surface area contributed by atoms with Crippen molar-refractivity contribution in [3.63, 3.8) is 0 Å². The second kappa shape index (κ2) is 11.0. The lowest BCUT2D eigenvalue weighted by Crippen LogP contribution is -2.48. The zero-order chi connectivity index (χ0) is 27.6. The van der Waals surface area contributed by atoms with Crippen LogP contribution in [0.4, 0.5) is 5.69 Å². The minimum Gasteiger partial charge on any atom is -0.457 e. The molecular formula is C32H30N2O6. The molecule has 3 aliphatic rings. The van der Waals surface area contributed by atoms with E-state index in [1.54, 1.807) is 24.3 Å². The molecule has 5 atom stereocenters. The number of ether oxygens (including phenoxy) is 2. The number of esters is 1. The van der Waals surface area contributed by atoms with Crippen molar-refractivity contribution in [2.24, 2.45) is 23.7 Å². The molecular weight excluding hydrogens is 508 g/mol. The first-order valence-corrected chi connectivity index (χ1v) is 13.7. The Labute approximate surface area is 232 Å². The molecule has 1 heterocycles. The molecule has 8 heteroatoms. The van der Waals surface area contributed by atoms with Crippen molar-refractivity contribution in [3.8, 4) is 11.5 Å². The van der Waals surface area contributed by atoms with Gasteiger partial charge in [0.25, 0.3) is 5.91 Å². The number of likely N-dealkylation sites (tertiary alicyclic amines) is 1. The van der Waals surface area contributed by atoms with Crippen molar-refractivity contribution in [2.75, 3.05) is 11.9 Å². The van der Waals surface area contributed by atoms with E-state index in [0.717, 1.165) is 29.7 Å². The zero-order valence-corrected chi connectivity index (χ0v) is 21.9. The molecule has 0 radical (unpaired) electrons. The third kappa shape index (κ3) is 5.09. The summed E-state index contributed by atoms with van der Waals surface area (Å²) in [5.41, 5.74) is 1.31. The highest BCUT2D eigenvalue weighted by molar-refractivity contribution is 6.08. The quantitative estimate of drug-likeness (QED) is 0.316. The van der Waals surface area contributed by atoms with Crippen molar-refractivity contribution < 1.29 is 28.7 Å². The largest absolute Gasteiger partial charge is 0.457 e. The third-order valence-electron chi connectivity index (χ3n) is 8.28. The molecule has 0 aromatic heterocycles. The Morgan fingerprint density at radius 2 is 1.38 bits per heavy atom. The first kappa shape index (κ1) is 25.8. The van der Waals surface area contributed by atoms with Crippen LogP contribution in [-0.4, -0.2) is 41.2 Å². The number of carbonyl (C=O) groups excluding carboxylic acids is 4. The molecule has 8 nitrogen and oxygen atoms in total. The predicted octanol–water partition coefficient (Wildman–Crippen LogP) is 4.60. The maximum atomic E-state index is 13.5. The van der Waals surface area contributed by atoms with Crippen LogP contribution in [0.1, 0.15) is 24.8 Å². The Morgan fingerprint density at radius 3 is 2.00 bits per heavy atom. The number of rotatable bonds is 9. The monoisotopic (exact) mass is 538 g/mol. The molecule has 1 N–H and O–H groups in total. The molecule has 2 aliphatic carbocycles. The molecule has 3 aromatic rings. The SMILES string of the molecule is O=C(COC(=O)[C@H](Cc1ccccc1)N1C(=O)[C@@H]2[C@H]3CC[C@@H](C3)[C@@H]2C1=O)Nc1ccc(Oc2ccccc2)cc1. The molecule has 0 unspecified atom stereocenters. The molecule has 1 aliphatic heterocycles. The van der Waals surface area contributed by atoms with E-state index in [-0.39, 0.29) is 41.9 Å². The Kier molecular flexibility index (Phi) is 7.07. The number of para-hydroxylation sites is 1. The van der Waals surface area contributed by atoms with Crippen molar-refractivity contribution in [1.29, 1.82) is 0 Å². The van der Waals surface area contributed by atoms with Gasteiger partial charge in [0.15, 0.2) is 6.61 Å². The molecule has 3 aromatic carbocycles. The standard InChI is InChI=1S/C32H30N2O6/c35-27(33-23-13-15-25(16-14-23)40-24-9-5-2-6-10-24)19-39-32(38)26(17-20-7-3-1-4-8-20)34-30(36)28-21-11-12-22(18-21)29(28)31(34)37/h1-10,13-16,21-22,26,28-29H,11-12,17-19H2,(H,33,35)/t21-,22-,26-,28-,29+/m0/s1. The lowest BCUT2D eigenvalue weighted by Gasteiger charge is -2.26. The van der Waals surface area contributed by atoms with E-state index in [9.17, 15) is 19.2 Å². The van der Waals surface area contributed by atoms with E-state index in [4.69, 9.17) is 9.47 Å². The van der Waals surface area contributed by atoms with Gasteiger partial charge in [-0.15, -0.1) is 0 Å². The number of imide groups is 1. The molecule has 3 amide bonds. The summed E-state index contributed by atoms with van der Waals surface area (Å²) in [6, 6.07) is 24.2. The summed E-state index contributed by atoms with van der Waals surface area (Å²) in [4.78, 5) is 54.0. The van der Waals surface area contributed by atoms with Gasteiger partial charge in [0.05, 0.1) is 11.8 Å². The van der Waals surface area contributed by atoms with Crippen molar-refractivity contribution in [3.05, 3.63) is 90.5 Å². The predicted molar refractivity (Wildman–Crippen MR) is 146 cm³/mol. The molecule has 2 bridgehead atoms. The topological polar surface area (TPSA) is 102 Å². The Hall–Kier alpha value is -4.46. The Morgan fingerprint density at radius 1 is 0.800 bits per heavy atom. The summed E-state index contributed by atoms with van der Waals surface area (Å²) in [6.45, 7) is -0.541. The normalized spacial score (nSPS) is 23.6. The molecule has 3 fully saturated rings. The Balaban J connectivity index is 1.10. The minimum absolute atomic E-state index is 0.135. The maximum absolute atomic E-state index is 13.5. The van der Waals surface area contributed by atoms with Crippen molar-refractivity contribution in [2.45, 2.75) is 31.7 Å². The number of nitrogens with one attached hydrogen (secondary N) is 1. The summed E-state index contributed by atoms with van der Waals surface area (Å²) in [5.74, 6) is -0.800. The summed E-state index contributed by atoms with van der Waals surface area (Å²) in [6.07, 6.45) is 2.95. The van der Waals surface area contributed by atoms with Crippen LogP contribution in [0, 0.1) is 23.7 Å². The Bertz CT molecular complexity index is 1380. The number of hydrogen-bond donors (Lipinski definition) is 1. The summed E-state index contributed by atoms with van der Waals surface area (Å²) >= 11 is 0. The number of fused-ring (bicyclic) bond motifs is 5. The number of benzene rings is 3. The minimum atomic E-state index is -1.12. The zero-order valence-electron chi connectivity index (χ0n) is 21.9. The van der Waals surface area contributed by atoms with Crippen LogP contribution in [-0.2, 0) is 30.3 Å². The van der Waals surface area contributed by atoms with Crippen molar-refractivity contribution >= 4 is 29.4 Å². The second-order valence-electron chi connectivity index (χ2n) is 10.7. The highest BCUT2D eigenvalue weighted by Gasteiger charge is 2.62. The van der Waals surface area contributed by atoms with Crippen LogP contribution in [0.25, 0.3) is 0 Å². The van der Waals surface area contributed by atoms with Gasteiger partial charge in [-0.2, -0.15) is 0 Å². The van der Waals surface area contributed by atoms with Gasteiger partial charge in [-0.25, -0.2) is 4.79 Å². The summed E-state index contributed by atoms with van der Waals surface area (Å²) < 4.78 is 11.2. The fraction of sp³-hybridized carbons (Fsp3) is 0.312. The van der Waals surface area contributed by atoms with Gasteiger partial charge in [0, 0.05) is 12.1 Å². The fourth-order valence-corrected chi connectivity index (χ4v) is 6.52. The van der Waals surface area contributed by atoms with E-state index in [1.807, 2.05) is 60.7 Å². The average molecular weight is 539 g/mol. The van der Waals surface area contributed by atoms with Crippen molar-refractivity contribution in [1.82, 2.24) is 4.90 Å². The second-order valence-corrected chi connectivity index (χ2v) is 10.7. The number of amides is 3. The summed E-state index contributed by atoms with van der Waals surface area (Å²) in [7, 11) is 0. The number of carbonyl (C=O) groups is 4. The first-order chi connectivity index (χ1) is 19.5. The van der Waals surface area contributed by atoms with E-state index < -0.39 is 24.5 Å². The van der Waals surface area contributed by atoms with Gasteiger partial charge in [-0.3, -0.25) is 19.3 Å². The fourth-order valence-electron chi connectivity index (χ4n) is 6.52. The van der Waals surface area contributed by atoms with Gasteiger partial charge >= 0.3 is 5.97 Å². The van der Waals surface area contributed by atoms with E-state index in [2.05, 4.69) is 5.32 Å². The molecule has 40 heavy (non-hydrogen) atoms. The van der Waals surface area contributed by atoms with E-state index in [1.165, 1.54) is 0 Å². The summed E-state index contributed by atoms with van der Waals surface area (Å²) in [5, 5.41) is 2.70. The first-order valence-electron chi connectivity index (χ1n) is 13.7. The van der Waals surface area contributed by atoms with Crippen LogP contribution in [0.5, 0.6) is 11.5 Å². The van der Waals surface area contributed by atoms with Crippen LogP contribution in [0.2, 0.25) is 0 Å². The maximum Gasteiger partial charge on any atom is 0.330 e. The van der Waals surface area contributed by atoms with Crippen LogP contribution >= 0.6 is 0 Å². The lowest BCUT2D eigenvalue weighted by atomic mass is 9.81. The number of nitrogens with zero attached hydrogens (tertiary/aromatic N) is 1. The van der Waals surface area contributed by atoms with Gasteiger partial charge < -0.3 is 14.8 Å². The molecule has 2 saturated carbocycles. The molecule has 0 spiro atoms. The van der Waals surface area contributed by atoms with Crippen LogP contribution in [0.3, 0.4) is 0 Å². The van der Waals surface area contributed by atoms with Gasteiger partial charge in [0.2, 0.25) is 11.8 Å². The van der Waals surface area contributed by atoms with E-state index in [0.29, 0.717) is 17.2 Å². The molecule has 204 valence electrons.